The van der Waals surface area contributed by atoms with Crippen molar-refractivity contribution in [3.8, 4) is 0 Å². The Morgan fingerprint density at radius 3 is 2.62 bits per heavy atom. The Balaban J connectivity index is 2.22. The van der Waals surface area contributed by atoms with Gasteiger partial charge in [0.25, 0.3) is 0 Å². The Morgan fingerprint density at radius 1 is 1.31 bits per heavy atom. The third kappa shape index (κ3) is 3.56. The Labute approximate surface area is 77.4 Å². The van der Waals surface area contributed by atoms with Gasteiger partial charge in [0.15, 0.2) is 0 Å². The van der Waals surface area contributed by atoms with Crippen LogP contribution in [0.2, 0.25) is 0 Å². The summed E-state index contributed by atoms with van der Waals surface area (Å²) in [6.45, 7) is -1.78. The van der Waals surface area contributed by atoms with Gasteiger partial charge in [0.1, 0.15) is 0 Å². The highest BCUT2D eigenvalue weighted by atomic mass is 19.3. The topological polar surface area (TPSA) is 35.2 Å². The first kappa shape index (κ1) is 10.9. The summed E-state index contributed by atoms with van der Waals surface area (Å²) < 4.78 is 27.8. The molecule has 4 heteroatoms. The van der Waals surface area contributed by atoms with E-state index in [2.05, 4.69) is 4.74 Å². The first-order valence-corrected chi connectivity index (χ1v) is 4.84. The fraction of sp³-hybridized carbons (Fsp3) is 1.00. The average molecular weight is 193 g/mol. The first-order valence-electron chi connectivity index (χ1n) is 4.84. The van der Waals surface area contributed by atoms with Crippen molar-refractivity contribution < 1.29 is 13.5 Å². The molecule has 0 amide bonds. The third-order valence-electron chi connectivity index (χ3n) is 2.79. The molecular formula is C9H17F2NO. The smallest absolute Gasteiger partial charge is 0.330 e. The highest BCUT2D eigenvalue weighted by Gasteiger charge is 2.27. The Bertz CT molecular complexity index is 144. The molecule has 2 nitrogen and oxygen atoms in total. The summed E-state index contributed by atoms with van der Waals surface area (Å²) in [4.78, 5) is 0. The molecule has 2 N–H and O–H groups in total. The van der Waals surface area contributed by atoms with Crippen LogP contribution in [0.4, 0.5) is 8.78 Å². The Morgan fingerprint density at radius 2 is 2.00 bits per heavy atom. The monoisotopic (exact) mass is 193 g/mol. The van der Waals surface area contributed by atoms with Gasteiger partial charge >= 0.3 is 6.61 Å². The maximum Gasteiger partial charge on any atom is 0.345 e. The molecule has 1 fully saturated rings. The molecule has 0 radical (unpaired) electrons. The molecule has 0 aromatic rings. The van der Waals surface area contributed by atoms with E-state index in [1.807, 2.05) is 0 Å². The Hall–Kier alpha value is -0.220. The van der Waals surface area contributed by atoms with E-state index in [1.165, 1.54) is 0 Å². The van der Waals surface area contributed by atoms with E-state index in [0.717, 1.165) is 25.7 Å². The quantitative estimate of drug-likeness (QED) is 0.724. The van der Waals surface area contributed by atoms with Gasteiger partial charge in [-0.05, 0) is 31.2 Å². The van der Waals surface area contributed by atoms with Crippen LogP contribution in [-0.2, 0) is 4.74 Å². The number of halogens is 2. The van der Waals surface area contributed by atoms with Crippen molar-refractivity contribution in [3.63, 3.8) is 0 Å². The van der Waals surface area contributed by atoms with Crippen molar-refractivity contribution in [2.75, 3.05) is 13.2 Å². The van der Waals surface area contributed by atoms with E-state index < -0.39 is 6.61 Å². The number of hydrogen-bond acceptors (Lipinski definition) is 2. The molecule has 1 rings (SSSR count). The van der Waals surface area contributed by atoms with Crippen LogP contribution in [-0.4, -0.2) is 19.8 Å². The van der Waals surface area contributed by atoms with Gasteiger partial charge in [-0.15, -0.1) is 0 Å². The molecule has 0 aromatic carbocycles. The van der Waals surface area contributed by atoms with Crippen LogP contribution >= 0.6 is 0 Å². The predicted molar refractivity (Wildman–Crippen MR) is 46.5 cm³/mol. The molecule has 2 unspecified atom stereocenters. The second-order valence-electron chi connectivity index (χ2n) is 3.62. The van der Waals surface area contributed by atoms with Crippen molar-refractivity contribution >= 4 is 0 Å². The third-order valence-corrected chi connectivity index (χ3v) is 2.79. The maximum atomic E-state index is 11.8. The van der Waals surface area contributed by atoms with Crippen molar-refractivity contribution in [2.24, 2.45) is 17.6 Å². The molecule has 0 aliphatic heterocycles. The number of alkyl halides is 2. The van der Waals surface area contributed by atoms with Gasteiger partial charge in [0, 0.05) is 0 Å². The lowest BCUT2D eigenvalue weighted by atomic mass is 9.94. The number of nitrogens with two attached hydrogens (primary N) is 1. The average Bonchev–Trinajstić information content (AvgIpc) is 2.49. The van der Waals surface area contributed by atoms with E-state index in [-0.39, 0.29) is 6.61 Å². The van der Waals surface area contributed by atoms with E-state index in [9.17, 15) is 8.78 Å². The first-order chi connectivity index (χ1) is 6.24. The summed E-state index contributed by atoms with van der Waals surface area (Å²) in [5.74, 6) is 0.807. The highest BCUT2D eigenvalue weighted by Crippen LogP contribution is 2.34. The number of hydrogen-bond donors (Lipinski definition) is 1. The standard InChI is InChI=1S/C9H17F2NO/c10-9(11)13-6-8-3-1-2-7(8)4-5-12/h7-9H,1-6,12H2. The van der Waals surface area contributed by atoms with Gasteiger partial charge in [-0.1, -0.05) is 12.8 Å². The molecular weight excluding hydrogens is 176 g/mol. The molecule has 0 spiro atoms. The van der Waals surface area contributed by atoms with Gasteiger partial charge in [-0.25, -0.2) is 0 Å². The summed E-state index contributed by atoms with van der Waals surface area (Å²) in [6.07, 6.45) is 4.20. The summed E-state index contributed by atoms with van der Waals surface area (Å²) >= 11 is 0. The van der Waals surface area contributed by atoms with Crippen LogP contribution in [0.1, 0.15) is 25.7 Å². The van der Waals surface area contributed by atoms with E-state index in [4.69, 9.17) is 5.73 Å². The van der Waals surface area contributed by atoms with Crippen LogP contribution < -0.4 is 5.73 Å². The molecule has 0 heterocycles. The van der Waals surface area contributed by atoms with E-state index in [1.54, 1.807) is 0 Å². The Kier molecular flexibility index (Phi) is 4.59. The van der Waals surface area contributed by atoms with Gasteiger partial charge in [-0.3, -0.25) is 0 Å². The van der Waals surface area contributed by atoms with Gasteiger partial charge < -0.3 is 10.5 Å². The van der Waals surface area contributed by atoms with Crippen LogP contribution in [0.25, 0.3) is 0 Å². The lowest BCUT2D eigenvalue weighted by molar-refractivity contribution is -0.140. The molecule has 13 heavy (non-hydrogen) atoms. The van der Waals surface area contributed by atoms with Crippen LogP contribution in [0.3, 0.4) is 0 Å². The van der Waals surface area contributed by atoms with Crippen LogP contribution in [0.5, 0.6) is 0 Å². The molecule has 0 aromatic heterocycles. The number of ether oxygens (including phenoxy) is 1. The zero-order valence-corrected chi connectivity index (χ0v) is 7.72. The largest absolute Gasteiger partial charge is 0.345 e. The SMILES string of the molecule is NCCC1CCCC1COC(F)F. The predicted octanol–water partition coefficient (Wildman–Crippen LogP) is 1.99. The second-order valence-corrected chi connectivity index (χ2v) is 3.62. The van der Waals surface area contributed by atoms with Crippen molar-refractivity contribution in [1.29, 1.82) is 0 Å². The van der Waals surface area contributed by atoms with Crippen molar-refractivity contribution in [3.05, 3.63) is 0 Å². The minimum atomic E-state index is -2.63. The molecule has 1 saturated carbocycles. The summed E-state index contributed by atoms with van der Waals surface area (Å²) in [5.41, 5.74) is 5.44. The zero-order chi connectivity index (χ0) is 9.68. The highest BCUT2D eigenvalue weighted by molar-refractivity contribution is 4.77. The van der Waals surface area contributed by atoms with Gasteiger partial charge in [0.2, 0.25) is 0 Å². The lowest BCUT2D eigenvalue weighted by Crippen LogP contribution is -2.19. The zero-order valence-electron chi connectivity index (χ0n) is 7.72. The normalized spacial score (nSPS) is 28.6. The van der Waals surface area contributed by atoms with Gasteiger partial charge in [0.05, 0.1) is 6.61 Å². The van der Waals surface area contributed by atoms with Crippen molar-refractivity contribution in [2.45, 2.75) is 32.3 Å². The molecule has 0 saturated heterocycles. The fourth-order valence-corrected chi connectivity index (χ4v) is 2.12. The summed E-state index contributed by atoms with van der Waals surface area (Å²) in [5, 5.41) is 0. The minimum Gasteiger partial charge on any atom is -0.330 e. The van der Waals surface area contributed by atoms with Crippen LogP contribution in [0.15, 0.2) is 0 Å². The van der Waals surface area contributed by atoms with E-state index in [0.29, 0.717) is 18.4 Å². The molecule has 0 bridgehead atoms. The van der Waals surface area contributed by atoms with Gasteiger partial charge in [-0.2, -0.15) is 8.78 Å². The summed E-state index contributed by atoms with van der Waals surface area (Å²) in [6, 6.07) is 0. The lowest BCUT2D eigenvalue weighted by Gasteiger charge is -2.18. The minimum absolute atomic E-state index is 0.197. The fourth-order valence-electron chi connectivity index (χ4n) is 2.12. The van der Waals surface area contributed by atoms with Crippen LogP contribution in [0, 0.1) is 11.8 Å². The second kappa shape index (κ2) is 5.50. The maximum absolute atomic E-state index is 11.8. The van der Waals surface area contributed by atoms with E-state index >= 15 is 0 Å². The molecule has 1 aliphatic carbocycles. The summed E-state index contributed by atoms with van der Waals surface area (Å²) in [7, 11) is 0. The molecule has 1 aliphatic rings. The van der Waals surface area contributed by atoms with Crippen molar-refractivity contribution in [1.82, 2.24) is 0 Å². The number of rotatable bonds is 5. The molecule has 78 valence electrons. The molecule has 2 atom stereocenters.